The van der Waals surface area contributed by atoms with E-state index in [0.717, 1.165) is 11.1 Å². The molecule has 2 fully saturated rings. The number of benzene rings is 1. The Morgan fingerprint density at radius 2 is 1.94 bits per heavy atom. The van der Waals surface area contributed by atoms with Gasteiger partial charge in [-0.1, -0.05) is 12.1 Å². The van der Waals surface area contributed by atoms with Crippen LogP contribution in [0.3, 0.4) is 0 Å². The van der Waals surface area contributed by atoms with E-state index in [1.54, 1.807) is 37.5 Å². The van der Waals surface area contributed by atoms with Crippen molar-refractivity contribution in [1.82, 2.24) is 9.88 Å². The van der Waals surface area contributed by atoms with Crippen molar-refractivity contribution >= 4 is 25.7 Å². The number of fused-ring (bicyclic) bond motifs is 3. The van der Waals surface area contributed by atoms with E-state index in [1.807, 2.05) is 6.07 Å². The Balaban J connectivity index is 1.34. The standard InChI is InChI=1S/C20H20N3O9P/c1-22-8-17(31-19(22)24)13-4-2-12(7-21-13)11-3-5-14-16(6-11)29-9-15-18(10-30-33(26,27)28)32-20(25)23(14)15/h2-7,15,17-18H,8-10H2,1H3,(H2,26,27,28)/t15-,17?,18-/m0/s1. The first-order valence-corrected chi connectivity index (χ1v) is 11.6. The second kappa shape index (κ2) is 7.99. The molecule has 4 heterocycles. The molecule has 2 saturated heterocycles. The van der Waals surface area contributed by atoms with Crippen LogP contribution in [0.15, 0.2) is 36.5 Å². The monoisotopic (exact) mass is 477 g/mol. The number of amides is 2. The maximum atomic E-state index is 12.4. The fourth-order valence-electron chi connectivity index (χ4n) is 4.02. The summed E-state index contributed by atoms with van der Waals surface area (Å²) in [6.45, 7) is 0.0678. The van der Waals surface area contributed by atoms with Crippen LogP contribution in [0.5, 0.6) is 5.75 Å². The van der Waals surface area contributed by atoms with E-state index >= 15 is 0 Å². The highest BCUT2D eigenvalue weighted by atomic mass is 31.2. The predicted octanol–water partition coefficient (Wildman–Crippen LogP) is 2.07. The van der Waals surface area contributed by atoms with Gasteiger partial charge in [0.05, 0.1) is 24.5 Å². The number of carbonyl (C=O) groups is 2. The Morgan fingerprint density at radius 3 is 2.61 bits per heavy atom. The maximum absolute atomic E-state index is 12.4. The number of hydrogen-bond acceptors (Lipinski definition) is 8. The fraction of sp³-hybridized carbons (Fsp3) is 0.350. The first-order chi connectivity index (χ1) is 15.7. The van der Waals surface area contributed by atoms with E-state index in [0.29, 0.717) is 23.7 Å². The van der Waals surface area contributed by atoms with Gasteiger partial charge in [-0.25, -0.2) is 14.2 Å². The number of nitrogens with zero attached hydrogens (tertiary/aromatic N) is 3. The first-order valence-electron chi connectivity index (χ1n) is 10.0. The SMILES string of the molecule is CN1CC(c2ccc(-c3ccc4c(c3)OC[C@H]3[C@H](COP(=O)(O)O)OC(=O)N43)cn2)OC1=O. The summed E-state index contributed by atoms with van der Waals surface area (Å²) in [4.78, 5) is 49.1. The number of likely N-dealkylation sites (N-methyl/N-ethyl adjacent to an activating group) is 1. The Bertz CT molecular complexity index is 1150. The zero-order valence-corrected chi connectivity index (χ0v) is 18.3. The van der Waals surface area contributed by atoms with E-state index in [-0.39, 0.29) is 12.7 Å². The first kappa shape index (κ1) is 21.7. The number of pyridine rings is 1. The van der Waals surface area contributed by atoms with Gasteiger partial charge in [0.2, 0.25) is 0 Å². The second-order valence-corrected chi connectivity index (χ2v) is 9.10. The number of phosphoric ester groups is 1. The van der Waals surface area contributed by atoms with Gasteiger partial charge in [-0.3, -0.25) is 14.4 Å². The molecule has 3 aliphatic rings. The number of carbonyl (C=O) groups excluding carboxylic acids is 2. The van der Waals surface area contributed by atoms with Crippen molar-refractivity contribution in [2.75, 3.05) is 31.7 Å². The van der Waals surface area contributed by atoms with E-state index < -0.39 is 38.8 Å². The summed E-state index contributed by atoms with van der Waals surface area (Å²) in [5.74, 6) is 0.465. The summed E-state index contributed by atoms with van der Waals surface area (Å²) in [6, 6.07) is 8.38. The molecule has 0 bridgehead atoms. The third-order valence-corrected chi connectivity index (χ3v) is 6.18. The lowest BCUT2D eigenvalue weighted by molar-refractivity contribution is 0.0676. The lowest BCUT2D eigenvalue weighted by Gasteiger charge is -2.31. The van der Waals surface area contributed by atoms with E-state index in [4.69, 9.17) is 24.0 Å². The summed E-state index contributed by atoms with van der Waals surface area (Å²) < 4.78 is 31.8. The van der Waals surface area contributed by atoms with Gasteiger partial charge in [0.25, 0.3) is 0 Å². The van der Waals surface area contributed by atoms with Crippen molar-refractivity contribution in [3.63, 3.8) is 0 Å². The van der Waals surface area contributed by atoms with Crippen LogP contribution < -0.4 is 9.64 Å². The molecule has 0 spiro atoms. The Hall–Kier alpha value is -3.18. The second-order valence-electron chi connectivity index (χ2n) is 7.86. The van der Waals surface area contributed by atoms with Gasteiger partial charge in [-0.05, 0) is 23.8 Å². The molecule has 0 saturated carbocycles. The third-order valence-electron chi connectivity index (χ3n) is 5.69. The minimum absolute atomic E-state index is 0.0785. The van der Waals surface area contributed by atoms with E-state index in [9.17, 15) is 14.2 Å². The highest BCUT2D eigenvalue weighted by Crippen LogP contribution is 2.42. The Labute approximate surface area is 187 Å². The number of anilines is 1. The van der Waals surface area contributed by atoms with Crippen LogP contribution in [0.2, 0.25) is 0 Å². The molecule has 33 heavy (non-hydrogen) atoms. The van der Waals surface area contributed by atoms with Crippen molar-refractivity contribution in [2.45, 2.75) is 18.2 Å². The van der Waals surface area contributed by atoms with Gasteiger partial charge in [0.15, 0.2) is 12.2 Å². The molecular formula is C20H20N3O9P. The lowest BCUT2D eigenvalue weighted by atomic mass is 10.0. The average Bonchev–Trinajstić information content (AvgIpc) is 3.30. The molecule has 3 aliphatic heterocycles. The minimum atomic E-state index is -4.69. The molecule has 1 unspecified atom stereocenters. The topological polar surface area (TPSA) is 148 Å². The number of aromatic nitrogens is 1. The Morgan fingerprint density at radius 1 is 1.15 bits per heavy atom. The van der Waals surface area contributed by atoms with Crippen LogP contribution in [-0.4, -0.2) is 70.8 Å². The van der Waals surface area contributed by atoms with Crippen molar-refractivity contribution < 1.29 is 42.7 Å². The summed E-state index contributed by atoms with van der Waals surface area (Å²) in [5, 5.41) is 0. The average molecular weight is 477 g/mol. The molecule has 0 aliphatic carbocycles. The van der Waals surface area contributed by atoms with Crippen molar-refractivity contribution in [3.05, 3.63) is 42.2 Å². The smallest absolute Gasteiger partial charge is 0.469 e. The summed E-state index contributed by atoms with van der Waals surface area (Å²) in [6.07, 6.45) is -0.637. The van der Waals surface area contributed by atoms with Gasteiger partial charge in [-0.2, -0.15) is 0 Å². The molecule has 1 aromatic carbocycles. The molecule has 2 N–H and O–H groups in total. The largest absolute Gasteiger partial charge is 0.489 e. The summed E-state index contributed by atoms with van der Waals surface area (Å²) in [5.41, 5.74) is 2.75. The zero-order chi connectivity index (χ0) is 23.3. The van der Waals surface area contributed by atoms with Crippen LogP contribution in [-0.2, 0) is 18.6 Å². The highest BCUT2D eigenvalue weighted by Gasteiger charge is 2.47. The van der Waals surface area contributed by atoms with E-state index in [1.165, 1.54) is 9.80 Å². The van der Waals surface area contributed by atoms with E-state index in [2.05, 4.69) is 9.51 Å². The third kappa shape index (κ3) is 4.13. The number of hydrogen-bond donors (Lipinski definition) is 2. The molecule has 2 aromatic rings. The van der Waals surface area contributed by atoms with Crippen LogP contribution in [0.25, 0.3) is 11.1 Å². The summed E-state index contributed by atoms with van der Waals surface area (Å²) in [7, 11) is -3.03. The van der Waals surface area contributed by atoms with Gasteiger partial charge in [0, 0.05) is 18.8 Å². The normalized spacial score (nSPS) is 24.2. The lowest BCUT2D eigenvalue weighted by Crippen LogP contribution is -2.45. The van der Waals surface area contributed by atoms with Crippen molar-refractivity contribution in [3.8, 4) is 16.9 Å². The summed E-state index contributed by atoms with van der Waals surface area (Å²) >= 11 is 0. The molecule has 13 heteroatoms. The number of cyclic esters (lactones) is 2. The molecular weight excluding hydrogens is 457 g/mol. The van der Waals surface area contributed by atoms with Crippen LogP contribution >= 0.6 is 7.82 Å². The molecule has 0 radical (unpaired) electrons. The zero-order valence-electron chi connectivity index (χ0n) is 17.4. The van der Waals surface area contributed by atoms with Gasteiger partial charge in [0.1, 0.15) is 18.4 Å². The van der Waals surface area contributed by atoms with Crippen molar-refractivity contribution in [2.24, 2.45) is 0 Å². The Kier molecular flexibility index (Phi) is 5.25. The maximum Gasteiger partial charge on any atom is 0.469 e. The predicted molar refractivity (Wildman–Crippen MR) is 112 cm³/mol. The molecule has 5 rings (SSSR count). The quantitative estimate of drug-likeness (QED) is 0.613. The van der Waals surface area contributed by atoms with Crippen LogP contribution in [0.1, 0.15) is 11.8 Å². The number of phosphoric acid groups is 1. The van der Waals surface area contributed by atoms with Crippen LogP contribution in [0.4, 0.5) is 15.3 Å². The molecule has 174 valence electrons. The number of rotatable bonds is 5. The van der Waals surface area contributed by atoms with Gasteiger partial charge in [-0.15, -0.1) is 0 Å². The molecule has 1 aromatic heterocycles. The molecule has 12 nitrogen and oxygen atoms in total. The molecule has 3 atom stereocenters. The fourth-order valence-corrected chi connectivity index (χ4v) is 4.36. The van der Waals surface area contributed by atoms with Crippen LogP contribution in [0, 0.1) is 0 Å². The molecule has 2 amide bonds. The van der Waals surface area contributed by atoms with Gasteiger partial charge >= 0.3 is 20.0 Å². The van der Waals surface area contributed by atoms with Gasteiger partial charge < -0.3 is 28.9 Å². The number of ether oxygens (including phenoxy) is 3. The minimum Gasteiger partial charge on any atom is -0.489 e. The van der Waals surface area contributed by atoms with Crippen molar-refractivity contribution in [1.29, 1.82) is 0 Å². The highest BCUT2D eigenvalue weighted by molar-refractivity contribution is 7.46.